The molecule has 4 amide bonds. The summed E-state index contributed by atoms with van der Waals surface area (Å²) in [4.78, 5) is 38.1. The summed E-state index contributed by atoms with van der Waals surface area (Å²) in [6, 6.07) is 5.14. The average Bonchev–Trinajstić information content (AvgIpc) is 2.72. The maximum Gasteiger partial charge on any atom is 0.325 e. The number of imide groups is 1. The Bertz CT molecular complexity index is 705. The van der Waals surface area contributed by atoms with Gasteiger partial charge in [0, 0.05) is 9.26 Å². The summed E-state index contributed by atoms with van der Waals surface area (Å²) in [7, 11) is 0. The minimum absolute atomic E-state index is 0.284. The highest BCUT2D eigenvalue weighted by Gasteiger charge is 2.47. The summed E-state index contributed by atoms with van der Waals surface area (Å²) in [6.45, 7) is 7.47. The molecule has 0 unspecified atom stereocenters. The molecule has 1 aromatic rings. The zero-order valence-electron chi connectivity index (χ0n) is 15.0. The number of nitrogens with one attached hydrogen (secondary N) is 2. The highest BCUT2D eigenvalue weighted by molar-refractivity contribution is 14.1. The topological polar surface area (TPSA) is 78.5 Å². The third-order valence-corrected chi connectivity index (χ3v) is 5.00. The zero-order valence-corrected chi connectivity index (χ0v) is 17.1. The van der Waals surface area contributed by atoms with Gasteiger partial charge in [0.15, 0.2) is 0 Å². The van der Waals surface area contributed by atoms with E-state index in [-0.39, 0.29) is 18.4 Å². The first-order valence-electron chi connectivity index (χ1n) is 8.32. The van der Waals surface area contributed by atoms with Crippen LogP contribution in [0.25, 0.3) is 0 Å². The van der Waals surface area contributed by atoms with Crippen molar-refractivity contribution >= 4 is 46.1 Å². The van der Waals surface area contributed by atoms with Crippen molar-refractivity contribution in [1.82, 2.24) is 10.2 Å². The first-order chi connectivity index (χ1) is 11.6. The lowest BCUT2D eigenvalue weighted by Crippen LogP contribution is -2.44. The quantitative estimate of drug-likeness (QED) is 0.509. The molecule has 2 rings (SSSR count). The fourth-order valence-corrected chi connectivity index (χ4v) is 3.39. The van der Waals surface area contributed by atoms with E-state index in [4.69, 9.17) is 0 Å². The number of benzene rings is 1. The molecule has 0 aliphatic carbocycles. The first kappa shape index (κ1) is 19.7. The second-order valence-electron chi connectivity index (χ2n) is 7.09. The van der Waals surface area contributed by atoms with Crippen LogP contribution in [0.4, 0.5) is 10.5 Å². The maximum atomic E-state index is 12.6. The number of carbonyl (C=O) groups excluding carboxylic acids is 3. The molecule has 0 radical (unpaired) electrons. The van der Waals surface area contributed by atoms with Crippen LogP contribution in [0.1, 0.15) is 39.2 Å². The highest BCUT2D eigenvalue weighted by Crippen LogP contribution is 2.25. The van der Waals surface area contributed by atoms with Gasteiger partial charge in [-0.05, 0) is 79.0 Å². The Kier molecular flexibility index (Phi) is 6.08. The number of aryl methyl sites for hydroxylation is 1. The third kappa shape index (κ3) is 4.71. The molecule has 1 atom stereocenters. The number of hydrogen-bond acceptors (Lipinski definition) is 3. The maximum absolute atomic E-state index is 12.6. The van der Waals surface area contributed by atoms with Gasteiger partial charge in [-0.2, -0.15) is 0 Å². The van der Waals surface area contributed by atoms with Gasteiger partial charge < -0.3 is 10.6 Å². The summed E-state index contributed by atoms with van der Waals surface area (Å²) in [5, 5.41) is 5.50. The summed E-state index contributed by atoms with van der Waals surface area (Å²) >= 11 is 2.20. The van der Waals surface area contributed by atoms with Crippen molar-refractivity contribution in [2.24, 2.45) is 5.92 Å². The predicted molar refractivity (Wildman–Crippen MR) is 105 cm³/mol. The van der Waals surface area contributed by atoms with Gasteiger partial charge in [0.1, 0.15) is 12.1 Å². The molecule has 1 aliphatic heterocycles. The van der Waals surface area contributed by atoms with E-state index in [1.807, 2.05) is 25.1 Å². The molecule has 0 saturated carbocycles. The van der Waals surface area contributed by atoms with E-state index < -0.39 is 11.6 Å². The number of nitrogens with zero attached hydrogens (tertiary/aromatic N) is 1. The van der Waals surface area contributed by atoms with Gasteiger partial charge in [0.25, 0.3) is 5.91 Å². The van der Waals surface area contributed by atoms with Gasteiger partial charge >= 0.3 is 6.03 Å². The molecule has 0 bridgehead atoms. The lowest BCUT2D eigenvalue weighted by Gasteiger charge is -2.22. The monoisotopic (exact) mass is 457 g/mol. The molecular formula is C18H24IN3O3. The van der Waals surface area contributed by atoms with Crippen LogP contribution < -0.4 is 10.6 Å². The minimum atomic E-state index is -0.930. The van der Waals surface area contributed by atoms with Crippen LogP contribution >= 0.6 is 22.6 Å². The fourth-order valence-electron chi connectivity index (χ4n) is 2.74. The molecule has 7 heteroatoms. The van der Waals surface area contributed by atoms with Crippen molar-refractivity contribution in [3.63, 3.8) is 0 Å². The second-order valence-corrected chi connectivity index (χ2v) is 8.34. The van der Waals surface area contributed by atoms with E-state index >= 15 is 0 Å². The Morgan fingerprint density at radius 2 is 2.04 bits per heavy atom. The van der Waals surface area contributed by atoms with Gasteiger partial charge in [0.05, 0.1) is 0 Å². The molecule has 1 saturated heterocycles. The SMILES string of the molecule is Cc1cc(I)ccc1NC(=O)CN1C(=O)N[C@](C)(CCC(C)C)C1=O. The van der Waals surface area contributed by atoms with Crippen molar-refractivity contribution in [1.29, 1.82) is 0 Å². The molecule has 1 aromatic carbocycles. The second kappa shape index (κ2) is 7.72. The average molecular weight is 457 g/mol. The van der Waals surface area contributed by atoms with Crippen LogP contribution in [0.5, 0.6) is 0 Å². The fraction of sp³-hybridized carbons (Fsp3) is 0.500. The van der Waals surface area contributed by atoms with Crippen molar-refractivity contribution in [3.8, 4) is 0 Å². The van der Waals surface area contributed by atoms with Crippen LogP contribution in [0.15, 0.2) is 18.2 Å². The lowest BCUT2D eigenvalue weighted by molar-refractivity contribution is -0.133. The smallest absolute Gasteiger partial charge is 0.324 e. The number of anilines is 1. The van der Waals surface area contributed by atoms with Crippen LogP contribution in [0, 0.1) is 16.4 Å². The Hall–Kier alpha value is -1.64. The van der Waals surface area contributed by atoms with E-state index in [1.165, 1.54) is 0 Å². The molecule has 25 heavy (non-hydrogen) atoms. The van der Waals surface area contributed by atoms with Crippen molar-refractivity contribution in [3.05, 3.63) is 27.3 Å². The van der Waals surface area contributed by atoms with Crippen LogP contribution in [-0.2, 0) is 9.59 Å². The standard InChI is InChI=1S/C18H24IN3O3/c1-11(2)7-8-18(4)16(24)22(17(25)21-18)10-15(23)20-14-6-5-13(19)9-12(14)3/h5-6,9,11H,7-8,10H2,1-4H3,(H,20,23)(H,21,25)/t18-/m1/s1. The van der Waals surface area contributed by atoms with Crippen LogP contribution in [0.3, 0.4) is 0 Å². The molecule has 136 valence electrons. The van der Waals surface area contributed by atoms with Crippen molar-refractivity contribution in [2.75, 3.05) is 11.9 Å². The predicted octanol–water partition coefficient (Wildman–Crippen LogP) is 3.28. The number of hydrogen-bond donors (Lipinski definition) is 2. The number of halogens is 1. The van der Waals surface area contributed by atoms with Crippen molar-refractivity contribution in [2.45, 2.75) is 46.1 Å². The zero-order chi connectivity index (χ0) is 18.8. The minimum Gasteiger partial charge on any atom is -0.324 e. The number of carbonyl (C=O) groups is 3. The van der Waals surface area contributed by atoms with Crippen molar-refractivity contribution < 1.29 is 14.4 Å². The van der Waals surface area contributed by atoms with Gasteiger partial charge in [-0.3, -0.25) is 14.5 Å². The van der Waals surface area contributed by atoms with E-state index in [1.54, 1.807) is 6.92 Å². The van der Waals surface area contributed by atoms with E-state index in [0.717, 1.165) is 20.5 Å². The van der Waals surface area contributed by atoms with E-state index in [0.29, 0.717) is 18.0 Å². The molecule has 0 aromatic heterocycles. The lowest BCUT2D eigenvalue weighted by atomic mass is 9.92. The number of rotatable bonds is 6. The Morgan fingerprint density at radius 3 is 2.64 bits per heavy atom. The first-order valence-corrected chi connectivity index (χ1v) is 9.40. The summed E-state index contributed by atoms with van der Waals surface area (Å²) in [5.41, 5.74) is 0.680. The van der Waals surface area contributed by atoms with Gasteiger partial charge in [-0.15, -0.1) is 0 Å². The third-order valence-electron chi connectivity index (χ3n) is 4.33. The normalized spacial score (nSPS) is 20.2. The van der Waals surface area contributed by atoms with Crippen LogP contribution in [0.2, 0.25) is 0 Å². The summed E-state index contributed by atoms with van der Waals surface area (Å²) in [6.07, 6.45) is 1.38. The molecule has 0 spiro atoms. The Morgan fingerprint density at radius 1 is 1.36 bits per heavy atom. The number of amides is 4. The summed E-state index contributed by atoms with van der Waals surface area (Å²) < 4.78 is 1.07. The summed E-state index contributed by atoms with van der Waals surface area (Å²) in [5.74, 6) is -0.295. The Balaban J connectivity index is 2.03. The van der Waals surface area contributed by atoms with E-state index in [9.17, 15) is 14.4 Å². The highest BCUT2D eigenvalue weighted by atomic mass is 127. The molecular weight excluding hydrogens is 433 g/mol. The molecule has 6 nitrogen and oxygen atoms in total. The Labute approximate surface area is 161 Å². The number of urea groups is 1. The van der Waals surface area contributed by atoms with Crippen LogP contribution in [-0.4, -0.2) is 34.8 Å². The largest absolute Gasteiger partial charge is 0.325 e. The molecule has 1 heterocycles. The molecule has 2 N–H and O–H groups in total. The van der Waals surface area contributed by atoms with Gasteiger partial charge in [-0.25, -0.2) is 4.79 Å². The van der Waals surface area contributed by atoms with E-state index in [2.05, 4.69) is 47.1 Å². The van der Waals surface area contributed by atoms with Gasteiger partial charge in [-0.1, -0.05) is 13.8 Å². The molecule has 1 fully saturated rings. The van der Waals surface area contributed by atoms with Gasteiger partial charge in [0.2, 0.25) is 5.91 Å². The molecule has 1 aliphatic rings.